The van der Waals surface area contributed by atoms with Crippen LogP contribution >= 0.6 is 0 Å². The van der Waals surface area contributed by atoms with Crippen molar-refractivity contribution in [2.24, 2.45) is 0 Å². The van der Waals surface area contributed by atoms with Crippen molar-refractivity contribution in [1.82, 2.24) is 14.1 Å². The van der Waals surface area contributed by atoms with Gasteiger partial charge in [-0.25, -0.2) is 8.42 Å². The molecule has 0 saturated carbocycles. The van der Waals surface area contributed by atoms with Gasteiger partial charge in [0.2, 0.25) is 15.9 Å². The number of ether oxygens (including phenoxy) is 1. The number of rotatable bonds is 7. The van der Waals surface area contributed by atoms with Gasteiger partial charge in [-0.15, -0.1) is 0 Å². The zero-order chi connectivity index (χ0) is 18.4. The molecule has 0 aliphatic carbocycles. The second-order valence-electron chi connectivity index (χ2n) is 5.90. The lowest BCUT2D eigenvalue weighted by molar-refractivity contribution is -0.132. The first-order valence-corrected chi connectivity index (χ1v) is 10.0. The van der Waals surface area contributed by atoms with E-state index in [-0.39, 0.29) is 10.8 Å². The first-order chi connectivity index (χ1) is 11.9. The molecule has 0 atom stereocenters. The van der Waals surface area contributed by atoms with Crippen molar-refractivity contribution in [3.63, 3.8) is 0 Å². The molecule has 0 aromatic heterocycles. The van der Waals surface area contributed by atoms with E-state index < -0.39 is 10.0 Å². The molecule has 1 amide bonds. The predicted molar refractivity (Wildman–Crippen MR) is 96.1 cm³/mol. The number of carbonyl (C=O) groups is 1. The van der Waals surface area contributed by atoms with Crippen LogP contribution in [0.1, 0.15) is 13.8 Å². The maximum Gasteiger partial charge on any atom is 0.246 e. The van der Waals surface area contributed by atoms with Crippen LogP contribution in [0.4, 0.5) is 0 Å². The summed E-state index contributed by atoms with van der Waals surface area (Å²) in [4.78, 5) is 16.2. The molecule has 0 bridgehead atoms. The van der Waals surface area contributed by atoms with E-state index >= 15 is 0 Å². The minimum Gasteiger partial charge on any atom is -0.495 e. The van der Waals surface area contributed by atoms with Gasteiger partial charge in [0.1, 0.15) is 10.6 Å². The smallest absolute Gasteiger partial charge is 0.246 e. The molecule has 1 aromatic rings. The Bertz CT molecular complexity index is 681. The molecular weight excluding hydrogens is 342 g/mol. The molecule has 140 valence electrons. The van der Waals surface area contributed by atoms with Crippen LogP contribution in [0.5, 0.6) is 5.75 Å². The summed E-state index contributed by atoms with van der Waals surface area (Å²) in [5, 5.41) is 0. The Hall–Kier alpha value is -1.64. The van der Waals surface area contributed by atoms with Crippen molar-refractivity contribution in [3.8, 4) is 5.75 Å². The fourth-order valence-corrected chi connectivity index (χ4v) is 4.54. The average Bonchev–Trinajstić information content (AvgIpc) is 2.63. The van der Waals surface area contributed by atoms with Crippen LogP contribution in [-0.4, -0.2) is 81.4 Å². The molecule has 1 heterocycles. The van der Waals surface area contributed by atoms with Gasteiger partial charge >= 0.3 is 0 Å². The van der Waals surface area contributed by atoms with Gasteiger partial charge in [0.15, 0.2) is 0 Å². The summed E-state index contributed by atoms with van der Waals surface area (Å²) in [5.41, 5.74) is 0. The number of piperazine rings is 1. The molecule has 0 N–H and O–H groups in total. The molecule has 0 radical (unpaired) electrons. The summed E-state index contributed by atoms with van der Waals surface area (Å²) >= 11 is 0. The van der Waals surface area contributed by atoms with Crippen molar-refractivity contribution >= 4 is 15.9 Å². The number of nitrogens with zero attached hydrogens (tertiary/aromatic N) is 3. The lowest BCUT2D eigenvalue weighted by Gasteiger charge is -2.34. The number of carbonyl (C=O) groups excluding carboxylic acids is 1. The molecule has 1 aromatic carbocycles. The number of hydrogen-bond donors (Lipinski definition) is 0. The maximum absolute atomic E-state index is 12.8. The number of likely N-dealkylation sites (N-methyl/N-ethyl adjacent to an activating group) is 1. The highest BCUT2D eigenvalue weighted by Crippen LogP contribution is 2.26. The highest BCUT2D eigenvalue weighted by atomic mass is 32.2. The first-order valence-electron chi connectivity index (χ1n) is 8.57. The monoisotopic (exact) mass is 369 g/mol. The van der Waals surface area contributed by atoms with Gasteiger partial charge in [-0.1, -0.05) is 12.1 Å². The van der Waals surface area contributed by atoms with Crippen LogP contribution in [0.3, 0.4) is 0 Å². The average molecular weight is 369 g/mol. The Morgan fingerprint density at radius 3 is 2.28 bits per heavy atom. The molecule has 1 fully saturated rings. The maximum atomic E-state index is 12.8. The van der Waals surface area contributed by atoms with Crippen LogP contribution in [0.2, 0.25) is 0 Å². The van der Waals surface area contributed by atoms with Gasteiger partial charge in [-0.3, -0.25) is 9.69 Å². The molecule has 1 aliphatic heterocycles. The summed E-state index contributed by atoms with van der Waals surface area (Å²) in [6.45, 7) is 7.46. The molecule has 1 aliphatic rings. The third-order valence-electron chi connectivity index (χ3n) is 4.49. The van der Waals surface area contributed by atoms with Gasteiger partial charge in [0.05, 0.1) is 13.7 Å². The van der Waals surface area contributed by atoms with Crippen LogP contribution in [-0.2, 0) is 14.8 Å². The molecule has 1 saturated heterocycles. The van der Waals surface area contributed by atoms with Crippen molar-refractivity contribution in [1.29, 1.82) is 0 Å². The molecule has 8 heteroatoms. The fourth-order valence-electron chi connectivity index (χ4n) is 2.97. The third kappa shape index (κ3) is 4.50. The number of hydrogen-bond acceptors (Lipinski definition) is 5. The molecule has 25 heavy (non-hydrogen) atoms. The third-order valence-corrected chi connectivity index (χ3v) is 6.43. The highest BCUT2D eigenvalue weighted by Gasteiger charge is 2.31. The summed E-state index contributed by atoms with van der Waals surface area (Å²) in [5.74, 6) is 0.438. The summed E-state index contributed by atoms with van der Waals surface area (Å²) < 4.78 is 32.3. The molecule has 2 rings (SSSR count). The van der Waals surface area contributed by atoms with E-state index in [0.29, 0.717) is 51.6 Å². The normalized spacial score (nSPS) is 16.6. The van der Waals surface area contributed by atoms with E-state index in [2.05, 4.69) is 0 Å². The van der Waals surface area contributed by atoms with E-state index in [0.717, 1.165) is 0 Å². The van der Waals surface area contributed by atoms with E-state index in [1.807, 2.05) is 18.7 Å². The number of amides is 1. The van der Waals surface area contributed by atoms with Crippen LogP contribution < -0.4 is 4.74 Å². The first kappa shape index (κ1) is 19.7. The summed E-state index contributed by atoms with van der Waals surface area (Å²) in [7, 11) is -2.13. The largest absolute Gasteiger partial charge is 0.495 e. The van der Waals surface area contributed by atoms with Crippen molar-refractivity contribution < 1.29 is 17.9 Å². The Labute approximate surface area is 150 Å². The molecule has 7 nitrogen and oxygen atoms in total. The van der Waals surface area contributed by atoms with Crippen LogP contribution in [0, 0.1) is 0 Å². The lowest BCUT2D eigenvalue weighted by atomic mass is 10.3. The SMILES string of the molecule is CCN(CC)C(=O)CN1CCN(S(=O)(=O)c2ccccc2OC)CC1. The Morgan fingerprint density at radius 1 is 1.12 bits per heavy atom. The minimum atomic E-state index is -3.60. The molecule has 0 spiro atoms. The van der Waals surface area contributed by atoms with E-state index in [1.54, 1.807) is 29.2 Å². The quantitative estimate of drug-likeness (QED) is 0.713. The van der Waals surface area contributed by atoms with Gasteiger partial charge in [0.25, 0.3) is 0 Å². The van der Waals surface area contributed by atoms with E-state index in [4.69, 9.17) is 4.74 Å². The van der Waals surface area contributed by atoms with Crippen molar-refractivity contribution in [2.75, 3.05) is 52.9 Å². The second kappa shape index (κ2) is 8.64. The lowest BCUT2D eigenvalue weighted by Crippen LogP contribution is -2.51. The zero-order valence-electron chi connectivity index (χ0n) is 15.1. The molecular formula is C17H27N3O4S. The number of methoxy groups -OCH3 is 1. The van der Waals surface area contributed by atoms with E-state index in [1.165, 1.54) is 11.4 Å². The summed E-state index contributed by atoms with van der Waals surface area (Å²) in [6.07, 6.45) is 0. The Morgan fingerprint density at radius 2 is 1.72 bits per heavy atom. The van der Waals surface area contributed by atoms with Crippen LogP contribution in [0.25, 0.3) is 0 Å². The fraction of sp³-hybridized carbons (Fsp3) is 0.588. The zero-order valence-corrected chi connectivity index (χ0v) is 16.0. The number of sulfonamides is 1. The van der Waals surface area contributed by atoms with Gasteiger partial charge in [0, 0.05) is 39.3 Å². The predicted octanol–water partition coefficient (Wildman–Crippen LogP) is 0.870. The van der Waals surface area contributed by atoms with Gasteiger partial charge in [-0.05, 0) is 26.0 Å². The Kier molecular flexibility index (Phi) is 6.80. The number of para-hydroxylation sites is 1. The topological polar surface area (TPSA) is 70.2 Å². The Balaban J connectivity index is 2.01. The number of benzene rings is 1. The van der Waals surface area contributed by atoms with Gasteiger partial charge in [-0.2, -0.15) is 4.31 Å². The second-order valence-corrected chi connectivity index (χ2v) is 7.80. The summed E-state index contributed by atoms with van der Waals surface area (Å²) in [6, 6.07) is 6.64. The standard InChI is InChI=1S/C17H27N3O4S/c1-4-19(5-2)17(21)14-18-10-12-20(13-11-18)25(22,23)16-9-7-6-8-15(16)24-3/h6-9H,4-5,10-14H2,1-3H3. The minimum absolute atomic E-state index is 0.0889. The molecule has 0 unspecified atom stereocenters. The highest BCUT2D eigenvalue weighted by molar-refractivity contribution is 7.89. The van der Waals surface area contributed by atoms with E-state index in [9.17, 15) is 13.2 Å². The van der Waals surface area contributed by atoms with Crippen molar-refractivity contribution in [2.45, 2.75) is 18.7 Å². The van der Waals surface area contributed by atoms with Crippen molar-refractivity contribution in [3.05, 3.63) is 24.3 Å². The van der Waals surface area contributed by atoms with Crippen LogP contribution in [0.15, 0.2) is 29.2 Å². The van der Waals surface area contributed by atoms with Gasteiger partial charge < -0.3 is 9.64 Å².